The Labute approximate surface area is 194 Å². The van der Waals surface area contributed by atoms with Gasteiger partial charge >= 0.3 is 0 Å². The molecule has 2 atom stereocenters. The van der Waals surface area contributed by atoms with Crippen LogP contribution in [0.2, 0.25) is 0 Å². The molecule has 0 saturated carbocycles. The summed E-state index contributed by atoms with van der Waals surface area (Å²) in [5.74, 6) is -0.517. The van der Waals surface area contributed by atoms with E-state index in [1.165, 1.54) is 12.1 Å². The van der Waals surface area contributed by atoms with E-state index < -0.39 is 11.4 Å². The molecule has 0 radical (unpaired) electrons. The fourth-order valence-corrected chi connectivity index (χ4v) is 4.84. The number of nitriles is 1. The van der Waals surface area contributed by atoms with Gasteiger partial charge in [-0.25, -0.2) is 4.39 Å². The third-order valence-electron chi connectivity index (χ3n) is 6.60. The highest BCUT2D eigenvalue weighted by Gasteiger charge is 2.31. The lowest BCUT2D eigenvalue weighted by Crippen LogP contribution is -2.39. The summed E-state index contributed by atoms with van der Waals surface area (Å²) in [5, 5.41) is 23.4. The van der Waals surface area contributed by atoms with E-state index in [0.29, 0.717) is 32.6 Å². The molecule has 4 rings (SSSR count). The molecule has 2 N–H and O–H groups in total. The van der Waals surface area contributed by atoms with Crippen molar-refractivity contribution in [3.05, 3.63) is 53.3 Å². The van der Waals surface area contributed by atoms with E-state index in [4.69, 9.17) is 14.7 Å². The topological polar surface area (TPSA) is 77.8 Å². The molecular formula is C26H32FN3O3. The summed E-state index contributed by atoms with van der Waals surface area (Å²) in [4.78, 5) is 2.27. The van der Waals surface area contributed by atoms with Gasteiger partial charge in [-0.2, -0.15) is 5.26 Å². The van der Waals surface area contributed by atoms with Crippen molar-refractivity contribution in [2.75, 3.05) is 51.4 Å². The number of morpholine rings is 1. The Balaban J connectivity index is 1.67. The van der Waals surface area contributed by atoms with E-state index in [0.717, 1.165) is 54.9 Å². The molecule has 0 spiro atoms. The van der Waals surface area contributed by atoms with Crippen molar-refractivity contribution in [1.82, 2.24) is 5.32 Å². The second-order valence-corrected chi connectivity index (χ2v) is 9.06. The van der Waals surface area contributed by atoms with Crippen molar-refractivity contribution in [2.45, 2.75) is 37.4 Å². The van der Waals surface area contributed by atoms with Crippen LogP contribution in [0.4, 0.5) is 10.1 Å². The summed E-state index contributed by atoms with van der Waals surface area (Å²) < 4.78 is 25.6. The normalized spacial score (nSPS) is 23.7. The molecule has 33 heavy (non-hydrogen) atoms. The van der Waals surface area contributed by atoms with Crippen molar-refractivity contribution in [3.63, 3.8) is 0 Å². The molecule has 7 heteroatoms. The first kappa shape index (κ1) is 23.7. The predicted molar refractivity (Wildman–Crippen MR) is 126 cm³/mol. The van der Waals surface area contributed by atoms with Gasteiger partial charge in [-0.15, -0.1) is 0 Å². The molecule has 2 aromatic carbocycles. The maximum Gasteiger partial charge on any atom is 0.141 e. The van der Waals surface area contributed by atoms with Crippen LogP contribution < -0.4 is 10.2 Å². The lowest BCUT2D eigenvalue weighted by Gasteiger charge is -2.29. The van der Waals surface area contributed by atoms with Crippen LogP contribution >= 0.6 is 0 Å². The van der Waals surface area contributed by atoms with Crippen molar-refractivity contribution in [3.8, 4) is 17.2 Å². The first-order chi connectivity index (χ1) is 16.0. The number of benzene rings is 2. The molecule has 0 aromatic heterocycles. The van der Waals surface area contributed by atoms with Crippen LogP contribution in [0.25, 0.3) is 11.1 Å². The number of hydrogen-bond donors (Lipinski definition) is 2. The molecule has 0 aliphatic carbocycles. The number of aliphatic hydroxyl groups is 1. The summed E-state index contributed by atoms with van der Waals surface area (Å²) in [7, 11) is 1.61. The van der Waals surface area contributed by atoms with Crippen LogP contribution in [0.15, 0.2) is 36.4 Å². The first-order valence-corrected chi connectivity index (χ1v) is 11.6. The van der Waals surface area contributed by atoms with Crippen molar-refractivity contribution < 1.29 is 19.0 Å². The average molecular weight is 454 g/mol. The Hall–Kier alpha value is -2.50. The Bertz CT molecular complexity index is 1000. The highest BCUT2D eigenvalue weighted by molar-refractivity contribution is 5.80. The van der Waals surface area contributed by atoms with Crippen LogP contribution in [0, 0.1) is 17.1 Å². The molecule has 0 amide bonds. The standard InChI is InChI=1S/C26H32FN3O3/c1-32-18-26(31)7-2-10-30(11-8-26)25-6-3-19(13-22-17-29-9-12-33-22)14-23(25)20-4-5-21(16-28)24(27)15-20/h3-6,14-15,22,29,31H,2,7-13,17-18H2,1H3. The number of nitrogens with zero attached hydrogens (tertiary/aromatic N) is 2. The number of halogens is 1. The van der Waals surface area contributed by atoms with Crippen LogP contribution in [0.1, 0.15) is 30.4 Å². The predicted octanol–water partition coefficient (Wildman–Crippen LogP) is 3.26. The third-order valence-corrected chi connectivity index (χ3v) is 6.60. The monoisotopic (exact) mass is 453 g/mol. The number of methoxy groups -OCH3 is 1. The van der Waals surface area contributed by atoms with E-state index in [2.05, 4.69) is 28.4 Å². The van der Waals surface area contributed by atoms with E-state index >= 15 is 0 Å². The van der Waals surface area contributed by atoms with Gasteiger partial charge in [-0.1, -0.05) is 12.1 Å². The van der Waals surface area contributed by atoms with E-state index in [1.54, 1.807) is 7.11 Å². The molecule has 0 bridgehead atoms. The number of rotatable bonds is 6. The highest BCUT2D eigenvalue weighted by Crippen LogP contribution is 2.36. The van der Waals surface area contributed by atoms with Gasteiger partial charge in [-0.3, -0.25) is 0 Å². The molecule has 2 fully saturated rings. The average Bonchev–Trinajstić information content (AvgIpc) is 3.01. The van der Waals surface area contributed by atoms with Crippen LogP contribution in [0.5, 0.6) is 0 Å². The van der Waals surface area contributed by atoms with Gasteiger partial charge in [0.05, 0.1) is 30.5 Å². The Kier molecular flexibility index (Phi) is 7.61. The minimum absolute atomic E-state index is 0.0394. The van der Waals surface area contributed by atoms with E-state index in [1.807, 2.05) is 12.1 Å². The smallest absolute Gasteiger partial charge is 0.141 e. The van der Waals surface area contributed by atoms with Gasteiger partial charge in [0.25, 0.3) is 0 Å². The minimum Gasteiger partial charge on any atom is -0.387 e. The molecule has 176 valence electrons. The Morgan fingerprint density at radius 1 is 1.27 bits per heavy atom. The van der Waals surface area contributed by atoms with Gasteiger partial charge in [0.1, 0.15) is 11.9 Å². The number of nitrogens with one attached hydrogen (secondary N) is 1. The Morgan fingerprint density at radius 3 is 2.88 bits per heavy atom. The number of anilines is 1. The maximum absolute atomic E-state index is 14.5. The molecule has 2 saturated heterocycles. The van der Waals surface area contributed by atoms with Crippen molar-refractivity contribution in [2.24, 2.45) is 0 Å². The second kappa shape index (κ2) is 10.6. The number of hydrogen-bond acceptors (Lipinski definition) is 6. The summed E-state index contributed by atoms with van der Waals surface area (Å²) in [6, 6.07) is 13.0. The van der Waals surface area contributed by atoms with Gasteiger partial charge in [0.2, 0.25) is 0 Å². The van der Waals surface area contributed by atoms with Crippen LogP contribution in [0.3, 0.4) is 0 Å². The summed E-state index contributed by atoms with van der Waals surface area (Å²) in [6.07, 6.45) is 3.00. The molecule has 2 unspecified atom stereocenters. The first-order valence-electron chi connectivity index (χ1n) is 11.6. The summed E-state index contributed by atoms with van der Waals surface area (Å²) in [6.45, 7) is 4.19. The van der Waals surface area contributed by atoms with Gasteiger partial charge < -0.3 is 24.8 Å². The molecular weight excluding hydrogens is 421 g/mol. The van der Waals surface area contributed by atoms with Crippen LogP contribution in [-0.2, 0) is 15.9 Å². The van der Waals surface area contributed by atoms with Gasteiger partial charge in [0.15, 0.2) is 0 Å². The van der Waals surface area contributed by atoms with Crippen LogP contribution in [-0.4, -0.2) is 63.3 Å². The maximum atomic E-state index is 14.5. The minimum atomic E-state index is -0.824. The van der Waals surface area contributed by atoms with Gasteiger partial charge in [-0.05, 0) is 61.1 Å². The number of ether oxygens (including phenoxy) is 2. The zero-order valence-corrected chi connectivity index (χ0v) is 19.1. The van der Waals surface area contributed by atoms with E-state index in [9.17, 15) is 9.50 Å². The molecule has 2 aromatic rings. The third kappa shape index (κ3) is 5.71. The SMILES string of the molecule is COCC1(O)CCCN(c2ccc(CC3CNCCO3)cc2-c2ccc(C#N)c(F)c2)CC1. The highest BCUT2D eigenvalue weighted by atomic mass is 19.1. The molecule has 6 nitrogen and oxygen atoms in total. The quantitative estimate of drug-likeness (QED) is 0.699. The second-order valence-electron chi connectivity index (χ2n) is 9.06. The summed E-state index contributed by atoms with van der Waals surface area (Å²) >= 11 is 0. The van der Waals surface area contributed by atoms with Crippen molar-refractivity contribution in [1.29, 1.82) is 5.26 Å². The lowest BCUT2D eigenvalue weighted by molar-refractivity contribution is -0.0389. The fraction of sp³-hybridized carbons (Fsp3) is 0.500. The summed E-state index contributed by atoms with van der Waals surface area (Å²) in [5.41, 5.74) is 3.01. The van der Waals surface area contributed by atoms with Gasteiger partial charge in [0, 0.05) is 44.5 Å². The Morgan fingerprint density at radius 2 is 2.15 bits per heavy atom. The van der Waals surface area contributed by atoms with Crippen molar-refractivity contribution >= 4 is 5.69 Å². The van der Waals surface area contributed by atoms with E-state index in [-0.39, 0.29) is 11.7 Å². The molecule has 2 heterocycles. The largest absolute Gasteiger partial charge is 0.387 e. The lowest BCUT2D eigenvalue weighted by atomic mass is 9.95. The zero-order chi connectivity index (χ0) is 23.3. The fourth-order valence-electron chi connectivity index (χ4n) is 4.84. The molecule has 2 aliphatic heterocycles. The molecule has 2 aliphatic rings. The zero-order valence-electron chi connectivity index (χ0n) is 19.1.